The minimum atomic E-state index is 0.840. The van der Waals surface area contributed by atoms with Crippen LogP contribution in [0.3, 0.4) is 0 Å². The number of aromatic nitrogens is 1. The van der Waals surface area contributed by atoms with Crippen LogP contribution in [0, 0.1) is 13.8 Å². The monoisotopic (exact) mass is 344 g/mol. The van der Waals surface area contributed by atoms with Crippen molar-refractivity contribution in [3.05, 3.63) is 83.4 Å². The van der Waals surface area contributed by atoms with Gasteiger partial charge < -0.3 is 5.32 Å². The SMILES string of the molecule is Cc1ccc2nc(-c3ccc(NCc4ccccc4C)cc3)sc2c1. The highest BCUT2D eigenvalue weighted by Crippen LogP contribution is 2.31. The van der Waals surface area contributed by atoms with Gasteiger partial charge in [0.05, 0.1) is 10.2 Å². The first-order valence-electron chi connectivity index (χ1n) is 8.45. The van der Waals surface area contributed by atoms with E-state index < -0.39 is 0 Å². The van der Waals surface area contributed by atoms with E-state index in [2.05, 4.69) is 85.9 Å². The summed E-state index contributed by atoms with van der Waals surface area (Å²) in [6.45, 7) is 5.11. The number of fused-ring (bicyclic) bond motifs is 1. The van der Waals surface area contributed by atoms with Gasteiger partial charge in [-0.3, -0.25) is 0 Å². The van der Waals surface area contributed by atoms with E-state index in [4.69, 9.17) is 4.98 Å². The number of aryl methyl sites for hydroxylation is 2. The van der Waals surface area contributed by atoms with Crippen molar-refractivity contribution < 1.29 is 0 Å². The van der Waals surface area contributed by atoms with Gasteiger partial charge in [-0.25, -0.2) is 4.98 Å². The van der Waals surface area contributed by atoms with Gasteiger partial charge in [0.15, 0.2) is 0 Å². The summed E-state index contributed by atoms with van der Waals surface area (Å²) in [5.41, 5.74) is 7.29. The highest BCUT2D eigenvalue weighted by molar-refractivity contribution is 7.21. The van der Waals surface area contributed by atoms with Crippen LogP contribution in [0.4, 0.5) is 5.69 Å². The molecule has 3 heteroatoms. The molecule has 1 heterocycles. The number of anilines is 1. The first-order chi connectivity index (χ1) is 12.2. The summed E-state index contributed by atoms with van der Waals surface area (Å²) in [7, 11) is 0. The van der Waals surface area contributed by atoms with Gasteiger partial charge in [0.2, 0.25) is 0 Å². The molecule has 0 saturated carbocycles. The van der Waals surface area contributed by atoms with Gasteiger partial charge in [0.1, 0.15) is 5.01 Å². The van der Waals surface area contributed by atoms with Gasteiger partial charge in [-0.15, -0.1) is 11.3 Å². The zero-order valence-electron chi connectivity index (χ0n) is 14.4. The van der Waals surface area contributed by atoms with Crippen molar-refractivity contribution in [2.75, 3.05) is 5.32 Å². The predicted molar refractivity (Wildman–Crippen MR) is 108 cm³/mol. The molecule has 0 spiro atoms. The fourth-order valence-corrected chi connectivity index (χ4v) is 3.96. The van der Waals surface area contributed by atoms with Crippen molar-refractivity contribution in [3.8, 4) is 10.6 Å². The minimum Gasteiger partial charge on any atom is -0.381 e. The molecule has 0 aliphatic carbocycles. The van der Waals surface area contributed by atoms with Crippen LogP contribution in [0.2, 0.25) is 0 Å². The molecule has 0 saturated heterocycles. The Morgan fingerprint density at radius 1 is 0.920 bits per heavy atom. The van der Waals surface area contributed by atoms with E-state index in [1.54, 1.807) is 11.3 Å². The fraction of sp³-hybridized carbons (Fsp3) is 0.136. The maximum atomic E-state index is 4.76. The Balaban J connectivity index is 1.52. The van der Waals surface area contributed by atoms with E-state index >= 15 is 0 Å². The number of hydrogen-bond donors (Lipinski definition) is 1. The topological polar surface area (TPSA) is 24.9 Å². The first-order valence-corrected chi connectivity index (χ1v) is 9.27. The van der Waals surface area contributed by atoms with E-state index in [0.29, 0.717) is 0 Å². The zero-order valence-corrected chi connectivity index (χ0v) is 15.2. The molecule has 4 aromatic rings. The molecule has 0 aliphatic rings. The smallest absolute Gasteiger partial charge is 0.124 e. The number of benzene rings is 3. The van der Waals surface area contributed by atoms with E-state index in [9.17, 15) is 0 Å². The second-order valence-corrected chi connectivity index (χ2v) is 7.38. The maximum absolute atomic E-state index is 4.76. The summed E-state index contributed by atoms with van der Waals surface area (Å²) in [4.78, 5) is 4.76. The molecular formula is C22H20N2S. The molecule has 25 heavy (non-hydrogen) atoms. The van der Waals surface area contributed by atoms with Crippen molar-refractivity contribution in [1.82, 2.24) is 4.98 Å². The molecule has 4 rings (SSSR count). The van der Waals surface area contributed by atoms with Crippen LogP contribution < -0.4 is 5.32 Å². The van der Waals surface area contributed by atoms with E-state index in [0.717, 1.165) is 22.8 Å². The van der Waals surface area contributed by atoms with Crippen molar-refractivity contribution in [1.29, 1.82) is 0 Å². The molecule has 1 aromatic heterocycles. The van der Waals surface area contributed by atoms with E-state index in [-0.39, 0.29) is 0 Å². The minimum absolute atomic E-state index is 0.840. The molecule has 124 valence electrons. The maximum Gasteiger partial charge on any atom is 0.124 e. The van der Waals surface area contributed by atoms with Crippen LogP contribution >= 0.6 is 11.3 Å². The van der Waals surface area contributed by atoms with E-state index in [1.165, 1.54) is 27.0 Å². The summed E-state index contributed by atoms with van der Waals surface area (Å²) in [5, 5.41) is 4.57. The molecule has 0 unspecified atom stereocenters. The Morgan fingerprint density at radius 2 is 1.72 bits per heavy atom. The summed E-state index contributed by atoms with van der Waals surface area (Å²) < 4.78 is 1.25. The van der Waals surface area contributed by atoms with Gasteiger partial charge in [0, 0.05) is 17.8 Å². The molecule has 0 bridgehead atoms. The second kappa shape index (κ2) is 6.69. The standard InChI is InChI=1S/C22H20N2S/c1-15-7-12-20-21(13-15)25-22(24-20)17-8-10-19(11-9-17)23-14-18-6-4-3-5-16(18)2/h3-13,23H,14H2,1-2H3. The van der Waals surface area contributed by atoms with Crippen LogP contribution in [0.5, 0.6) is 0 Å². The Kier molecular flexibility index (Phi) is 4.24. The number of nitrogens with zero attached hydrogens (tertiary/aromatic N) is 1. The van der Waals surface area contributed by atoms with Crippen LogP contribution in [-0.2, 0) is 6.54 Å². The van der Waals surface area contributed by atoms with Crippen LogP contribution in [0.1, 0.15) is 16.7 Å². The summed E-state index contributed by atoms with van der Waals surface area (Å²) >= 11 is 1.75. The lowest BCUT2D eigenvalue weighted by atomic mass is 10.1. The van der Waals surface area contributed by atoms with Gasteiger partial charge in [-0.1, -0.05) is 30.3 Å². The molecule has 2 nitrogen and oxygen atoms in total. The largest absolute Gasteiger partial charge is 0.381 e. The molecule has 0 fully saturated rings. The molecule has 0 amide bonds. The van der Waals surface area contributed by atoms with Crippen LogP contribution in [-0.4, -0.2) is 4.98 Å². The number of thiazole rings is 1. The molecule has 1 N–H and O–H groups in total. The van der Waals surface area contributed by atoms with Crippen molar-refractivity contribution >= 4 is 27.2 Å². The summed E-state index contributed by atoms with van der Waals surface area (Å²) in [5.74, 6) is 0. The molecule has 3 aromatic carbocycles. The predicted octanol–water partition coefficient (Wildman–Crippen LogP) is 6.19. The summed E-state index contributed by atoms with van der Waals surface area (Å²) in [6, 6.07) is 23.4. The Hall–Kier alpha value is -2.65. The quantitative estimate of drug-likeness (QED) is 0.477. The average Bonchev–Trinajstić information content (AvgIpc) is 3.04. The Bertz CT molecular complexity index is 1020. The van der Waals surface area contributed by atoms with Crippen molar-refractivity contribution in [3.63, 3.8) is 0 Å². The highest BCUT2D eigenvalue weighted by atomic mass is 32.1. The van der Waals surface area contributed by atoms with Crippen LogP contribution in [0.25, 0.3) is 20.8 Å². The van der Waals surface area contributed by atoms with Gasteiger partial charge in [-0.2, -0.15) is 0 Å². The number of rotatable bonds is 4. The normalized spacial score (nSPS) is 11.0. The van der Waals surface area contributed by atoms with Gasteiger partial charge in [-0.05, 0) is 66.9 Å². The molecule has 0 atom stereocenters. The lowest BCUT2D eigenvalue weighted by Gasteiger charge is -2.09. The van der Waals surface area contributed by atoms with Crippen molar-refractivity contribution in [2.24, 2.45) is 0 Å². The van der Waals surface area contributed by atoms with Gasteiger partial charge >= 0.3 is 0 Å². The Morgan fingerprint density at radius 3 is 2.52 bits per heavy atom. The third-order valence-electron chi connectivity index (χ3n) is 4.42. The van der Waals surface area contributed by atoms with Crippen LogP contribution in [0.15, 0.2) is 66.7 Å². The second-order valence-electron chi connectivity index (χ2n) is 6.35. The third kappa shape index (κ3) is 3.42. The number of hydrogen-bond acceptors (Lipinski definition) is 3. The molecule has 0 radical (unpaired) electrons. The van der Waals surface area contributed by atoms with Crippen molar-refractivity contribution in [2.45, 2.75) is 20.4 Å². The highest BCUT2D eigenvalue weighted by Gasteiger charge is 2.06. The Labute approximate surface area is 152 Å². The third-order valence-corrected chi connectivity index (χ3v) is 5.49. The van der Waals surface area contributed by atoms with Gasteiger partial charge in [0.25, 0.3) is 0 Å². The zero-order chi connectivity index (χ0) is 17.2. The summed E-state index contributed by atoms with van der Waals surface area (Å²) in [6.07, 6.45) is 0. The first kappa shape index (κ1) is 15.9. The lowest BCUT2D eigenvalue weighted by molar-refractivity contribution is 1.12. The van der Waals surface area contributed by atoms with E-state index in [1.807, 2.05) is 0 Å². The molecular weight excluding hydrogens is 324 g/mol. The fourth-order valence-electron chi connectivity index (χ4n) is 2.89. The average molecular weight is 344 g/mol. The lowest BCUT2D eigenvalue weighted by Crippen LogP contribution is -2.00. The molecule has 0 aliphatic heterocycles. The number of nitrogens with one attached hydrogen (secondary N) is 1.